The normalized spacial score (nSPS) is 20.2. The summed E-state index contributed by atoms with van der Waals surface area (Å²) in [5, 5.41) is 19.6. The lowest BCUT2D eigenvalue weighted by Gasteiger charge is -2.43. The molecule has 1 aliphatic heterocycles. The van der Waals surface area contributed by atoms with E-state index in [0.717, 1.165) is 31.6 Å². The summed E-state index contributed by atoms with van der Waals surface area (Å²) in [6.07, 6.45) is 0.779. The average Bonchev–Trinajstić information content (AvgIpc) is 2.50. The minimum atomic E-state index is 0.0593. The lowest BCUT2D eigenvalue weighted by molar-refractivity contribution is 0.0349. The number of hydrogen-bond donors (Lipinski definition) is 2. The molecule has 0 aromatic heterocycles. The van der Waals surface area contributed by atoms with Gasteiger partial charge in [0.05, 0.1) is 7.11 Å². The molecule has 6 heteroatoms. The summed E-state index contributed by atoms with van der Waals surface area (Å²) < 4.78 is 5.17. The van der Waals surface area contributed by atoms with E-state index in [0.29, 0.717) is 29.4 Å². The molecule has 0 saturated carbocycles. The summed E-state index contributed by atoms with van der Waals surface area (Å²) in [4.78, 5) is 4.79. The molecule has 0 unspecified atom stereocenters. The first kappa shape index (κ1) is 18.3. The molecule has 0 bridgehead atoms. The molecule has 1 aliphatic rings. The molecule has 2 rings (SSSR count). The molecular formula is C17H27ClN2O3. The van der Waals surface area contributed by atoms with Crippen LogP contribution in [0, 0.1) is 0 Å². The van der Waals surface area contributed by atoms with Gasteiger partial charge in [-0.1, -0.05) is 11.6 Å². The van der Waals surface area contributed by atoms with E-state index in [1.165, 1.54) is 13.2 Å². The number of halogens is 1. The van der Waals surface area contributed by atoms with Crippen LogP contribution in [-0.4, -0.2) is 65.4 Å². The summed E-state index contributed by atoms with van der Waals surface area (Å²) in [5.74, 6) is 0.501. The number of phenols is 1. The number of aromatic hydroxyl groups is 1. The highest BCUT2D eigenvalue weighted by molar-refractivity contribution is 6.31. The van der Waals surface area contributed by atoms with E-state index in [-0.39, 0.29) is 12.4 Å². The monoisotopic (exact) mass is 342 g/mol. The lowest BCUT2D eigenvalue weighted by atomic mass is 10.1. The number of aliphatic hydroxyl groups excluding tert-OH is 1. The first-order chi connectivity index (χ1) is 11.0. The Hall–Kier alpha value is -1.01. The zero-order valence-electron chi connectivity index (χ0n) is 14.1. The highest BCUT2D eigenvalue weighted by atomic mass is 35.5. The summed E-state index contributed by atoms with van der Waals surface area (Å²) in [6.45, 7) is 8.15. The van der Waals surface area contributed by atoms with Gasteiger partial charge in [0.2, 0.25) is 0 Å². The largest absolute Gasteiger partial charge is 0.504 e. The fourth-order valence-electron chi connectivity index (χ4n) is 3.27. The Kier molecular flexibility index (Phi) is 6.53. The molecule has 1 fully saturated rings. The number of rotatable bonds is 6. The van der Waals surface area contributed by atoms with Crippen molar-refractivity contribution in [1.29, 1.82) is 0 Å². The predicted octanol–water partition coefficient (Wildman–Crippen LogP) is 2.33. The van der Waals surface area contributed by atoms with Crippen LogP contribution in [0.25, 0.3) is 0 Å². The van der Waals surface area contributed by atoms with Gasteiger partial charge < -0.3 is 14.9 Å². The van der Waals surface area contributed by atoms with E-state index < -0.39 is 0 Å². The number of ether oxygens (including phenoxy) is 1. The topological polar surface area (TPSA) is 56.2 Å². The summed E-state index contributed by atoms with van der Waals surface area (Å²) in [6, 6.07) is 4.16. The van der Waals surface area contributed by atoms with Crippen LogP contribution >= 0.6 is 11.6 Å². The van der Waals surface area contributed by atoms with Crippen molar-refractivity contribution < 1.29 is 14.9 Å². The minimum Gasteiger partial charge on any atom is -0.504 e. The SMILES string of the molecule is COc1cc(CN2CCN(C(C)C)[C@H](CCO)C2)c(Cl)cc1O. The Morgan fingerprint density at radius 1 is 1.35 bits per heavy atom. The molecule has 1 aromatic carbocycles. The minimum absolute atomic E-state index is 0.0593. The summed E-state index contributed by atoms with van der Waals surface area (Å²) >= 11 is 6.26. The molecule has 5 nitrogen and oxygen atoms in total. The smallest absolute Gasteiger partial charge is 0.160 e. The zero-order valence-corrected chi connectivity index (χ0v) is 14.9. The van der Waals surface area contributed by atoms with E-state index in [2.05, 4.69) is 23.6 Å². The van der Waals surface area contributed by atoms with E-state index >= 15 is 0 Å². The number of hydrogen-bond acceptors (Lipinski definition) is 5. The predicted molar refractivity (Wildman–Crippen MR) is 92.3 cm³/mol. The highest BCUT2D eigenvalue weighted by Gasteiger charge is 2.28. The fourth-order valence-corrected chi connectivity index (χ4v) is 3.49. The molecule has 1 atom stereocenters. The summed E-state index contributed by atoms with van der Waals surface area (Å²) in [5.41, 5.74) is 0.946. The van der Waals surface area contributed by atoms with Crippen molar-refractivity contribution in [2.45, 2.75) is 38.9 Å². The molecule has 0 radical (unpaired) electrons. The van der Waals surface area contributed by atoms with Crippen molar-refractivity contribution in [2.75, 3.05) is 33.4 Å². The Bertz CT molecular complexity index is 525. The first-order valence-corrected chi connectivity index (χ1v) is 8.48. The van der Waals surface area contributed by atoms with E-state index in [4.69, 9.17) is 16.3 Å². The van der Waals surface area contributed by atoms with Crippen molar-refractivity contribution in [3.05, 3.63) is 22.7 Å². The number of methoxy groups -OCH3 is 1. The number of nitrogens with zero attached hydrogens (tertiary/aromatic N) is 2. The maximum absolute atomic E-state index is 9.77. The van der Waals surface area contributed by atoms with Gasteiger partial charge in [-0.05, 0) is 31.9 Å². The van der Waals surface area contributed by atoms with Gasteiger partial charge >= 0.3 is 0 Å². The molecule has 0 amide bonds. The molecule has 0 aliphatic carbocycles. The zero-order chi connectivity index (χ0) is 17.0. The molecule has 1 saturated heterocycles. The van der Waals surface area contributed by atoms with Gasteiger partial charge in [0.15, 0.2) is 11.5 Å². The van der Waals surface area contributed by atoms with Crippen molar-refractivity contribution in [1.82, 2.24) is 9.80 Å². The molecule has 2 N–H and O–H groups in total. The molecule has 23 heavy (non-hydrogen) atoms. The molecule has 0 spiro atoms. The Labute approximate surface area is 143 Å². The van der Waals surface area contributed by atoms with Crippen LogP contribution in [0.4, 0.5) is 0 Å². The highest BCUT2D eigenvalue weighted by Crippen LogP contribution is 2.33. The van der Waals surface area contributed by atoms with Gasteiger partial charge in [-0.2, -0.15) is 0 Å². The maximum Gasteiger partial charge on any atom is 0.160 e. The number of benzene rings is 1. The molecule has 1 heterocycles. The first-order valence-electron chi connectivity index (χ1n) is 8.10. The van der Waals surface area contributed by atoms with Gasteiger partial charge in [0, 0.05) is 56.0 Å². The van der Waals surface area contributed by atoms with Crippen LogP contribution in [0.1, 0.15) is 25.8 Å². The van der Waals surface area contributed by atoms with Crippen LogP contribution < -0.4 is 4.74 Å². The maximum atomic E-state index is 9.77. The van der Waals surface area contributed by atoms with Crippen LogP contribution in [0.15, 0.2) is 12.1 Å². The third kappa shape index (κ3) is 4.51. The lowest BCUT2D eigenvalue weighted by Crippen LogP contribution is -2.55. The van der Waals surface area contributed by atoms with E-state index in [9.17, 15) is 10.2 Å². The molecule has 1 aromatic rings. The Morgan fingerprint density at radius 3 is 2.70 bits per heavy atom. The number of phenolic OH excluding ortho intramolecular Hbond substituents is 1. The van der Waals surface area contributed by atoms with Crippen LogP contribution in [0.5, 0.6) is 11.5 Å². The second-order valence-electron chi connectivity index (χ2n) is 6.35. The average molecular weight is 343 g/mol. The molecule has 130 valence electrons. The van der Waals surface area contributed by atoms with E-state index in [1.54, 1.807) is 6.07 Å². The second kappa shape index (κ2) is 8.20. The van der Waals surface area contributed by atoms with Crippen molar-refractivity contribution in [3.63, 3.8) is 0 Å². The van der Waals surface area contributed by atoms with Gasteiger partial charge in [0.1, 0.15) is 0 Å². The van der Waals surface area contributed by atoms with Crippen molar-refractivity contribution >= 4 is 11.6 Å². The quantitative estimate of drug-likeness (QED) is 0.831. The van der Waals surface area contributed by atoms with Crippen molar-refractivity contribution in [3.8, 4) is 11.5 Å². The second-order valence-corrected chi connectivity index (χ2v) is 6.76. The fraction of sp³-hybridized carbons (Fsp3) is 0.647. The number of piperazine rings is 1. The van der Waals surface area contributed by atoms with Crippen molar-refractivity contribution in [2.24, 2.45) is 0 Å². The van der Waals surface area contributed by atoms with Gasteiger partial charge in [0.25, 0.3) is 0 Å². The molecular weight excluding hydrogens is 316 g/mol. The Balaban J connectivity index is 2.09. The Morgan fingerprint density at radius 2 is 2.09 bits per heavy atom. The summed E-state index contributed by atoms with van der Waals surface area (Å²) in [7, 11) is 1.53. The van der Waals surface area contributed by atoms with Crippen LogP contribution in [0.2, 0.25) is 5.02 Å². The van der Waals surface area contributed by atoms with E-state index in [1.807, 2.05) is 0 Å². The van der Waals surface area contributed by atoms with Crippen LogP contribution in [0.3, 0.4) is 0 Å². The number of aliphatic hydroxyl groups is 1. The standard InChI is InChI=1S/C17H27ClN2O3/c1-12(2)20-6-5-19(11-14(20)4-7-21)10-13-8-17(23-3)16(22)9-15(13)18/h8-9,12,14,21-22H,4-7,10-11H2,1-3H3/t14-/m1/s1. The third-order valence-corrected chi connectivity index (χ3v) is 4.83. The van der Waals surface area contributed by atoms with Crippen LogP contribution in [-0.2, 0) is 6.54 Å². The third-order valence-electron chi connectivity index (χ3n) is 4.48. The van der Waals surface area contributed by atoms with Gasteiger partial charge in [-0.25, -0.2) is 0 Å². The van der Waals surface area contributed by atoms with Gasteiger partial charge in [-0.3, -0.25) is 9.80 Å². The van der Waals surface area contributed by atoms with Gasteiger partial charge in [-0.15, -0.1) is 0 Å².